The summed E-state index contributed by atoms with van der Waals surface area (Å²) in [4.78, 5) is 13.7. The van der Waals surface area contributed by atoms with Gasteiger partial charge in [-0.15, -0.1) is 11.3 Å². The molecular formula is C5H6N2OS. The van der Waals surface area contributed by atoms with Crippen molar-refractivity contribution in [2.24, 2.45) is 0 Å². The zero-order valence-corrected chi connectivity index (χ0v) is 5.52. The molecule has 0 aliphatic rings. The summed E-state index contributed by atoms with van der Waals surface area (Å²) in [6.45, 7) is 0.341. The number of aromatic nitrogens is 1. The highest BCUT2D eigenvalue weighted by Gasteiger charge is 1.88. The fourth-order valence-corrected chi connectivity index (χ4v) is 0.979. The van der Waals surface area contributed by atoms with Crippen molar-refractivity contribution in [1.29, 1.82) is 0 Å². The van der Waals surface area contributed by atoms with E-state index in [1.54, 1.807) is 6.20 Å². The van der Waals surface area contributed by atoms with Gasteiger partial charge in [0, 0.05) is 11.6 Å². The van der Waals surface area contributed by atoms with Crippen LogP contribution in [0.25, 0.3) is 0 Å². The first-order valence-corrected chi connectivity index (χ1v) is 3.38. The molecule has 3 nitrogen and oxygen atoms in total. The van der Waals surface area contributed by atoms with Crippen molar-refractivity contribution in [3.05, 3.63) is 11.6 Å². The highest BCUT2D eigenvalue weighted by Crippen LogP contribution is 2.08. The lowest BCUT2D eigenvalue weighted by molar-refractivity contribution is -0.106. The van der Waals surface area contributed by atoms with Crippen molar-refractivity contribution in [1.82, 2.24) is 4.98 Å². The van der Waals surface area contributed by atoms with Gasteiger partial charge in [-0.25, -0.2) is 4.98 Å². The van der Waals surface area contributed by atoms with E-state index in [-0.39, 0.29) is 0 Å². The minimum Gasteiger partial charge on any atom is -0.355 e. The molecule has 48 valence electrons. The highest BCUT2D eigenvalue weighted by atomic mass is 32.1. The third kappa shape index (κ3) is 1.81. The van der Waals surface area contributed by atoms with Gasteiger partial charge in [-0.1, -0.05) is 0 Å². The number of thiazole rings is 1. The zero-order valence-electron chi connectivity index (χ0n) is 4.70. The molecule has 1 heterocycles. The maximum absolute atomic E-state index is 9.81. The van der Waals surface area contributed by atoms with Gasteiger partial charge >= 0.3 is 0 Å². The van der Waals surface area contributed by atoms with Crippen molar-refractivity contribution in [3.63, 3.8) is 0 Å². The standard InChI is InChI=1S/C5H6N2OS/c8-3-1-6-5-7-2-4-9-5/h2-4H,1H2,(H,6,7). The average Bonchev–Trinajstić information content (AvgIpc) is 2.34. The molecule has 0 aliphatic heterocycles. The molecule has 0 atom stereocenters. The molecule has 1 aromatic heterocycles. The molecular weight excluding hydrogens is 136 g/mol. The van der Waals surface area contributed by atoms with Crippen LogP contribution >= 0.6 is 11.3 Å². The molecule has 0 amide bonds. The fourth-order valence-electron chi connectivity index (χ4n) is 0.440. The quantitative estimate of drug-likeness (QED) is 0.633. The maximum Gasteiger partial charge on any atom is 0.182 e. The van der Waals surface area contributed by atoms with Crippen LogP contribution in [0.3, 0.4) is 0 Å². The van der Waals surface area contributed by atoms with Gasteiger partial charge in [0.15, 0.2) is 5.13 Å². The Kier molecular flexibility index (Phi) is 2.21. The van der Waals surface area contributed by atoms with E-state index < -0.39 is 0 Å². The van der Waals surface area contributed by atoms with Crippen molar-refractivity contribution in [2.45, 2.75) is 0 Å². The Morgan fingerprint density at radius 3 is 3.33 bits per heavy atom. The average molecular weight is 142 g/mol. The fraction of sp³-hybridized carbons (Fsp3) is 0.200. The summed E-state index contributed by atoms with van der Waals surface area (Å²) < 4.78 is 0. The van der Waals surface area contributed by atoms with Gasteiger partial charge in [-0.2, -0.15) is 0 Å². The second kappa shape index (κ2) is 3.19. The number of nitrogens with zero attached hydrogens (tertiary/aromatic N) is 1. The van der Waals surface area contributed by atoms with E-state index >= 15 is 0 Å². The largest absolute Gasteiger partial charge is 0.355 e. The molecule has 0 spiro atoms. The summed E-state index contributed by atoms with van der Waals surface area (Å²) in [6.07, 6.45) is 2.50. The Morgan fingerprint density at radius 1 is 1.89 bits per heavy atom. The topological polar surface area (TPSA) is 42.0 Å². The van der Waals surface area contributed by atoms with Crippen LogP contribution in [0.15, 0.2) is 11.6 Å². The molecule has 0 unspecified atom stereocenters. The van der Waals surface area contributed by atoms with Crippen LogP contribution in [-0.2, 0) is 4.79 Å². The van der Waals surface area contributed by atoms with Crippen LogP contribution in [0, 0.1) is 0 Å². The van der Waals surface area contributed by atoms with Crippen LogP contribution in [0.5, 0.6) is 0 Å². The van der Waals surface area contributed by atoms with Crippen LogP contribution in [0.2, 0.25) is 0 Å². The van der Waals surface area contributed by atoms with E-state index in [2.05, 4.69) is 10.3 Å². The number of hydrogen-bond acceptors (Lipinski definition) is 4. The number of nitrogens with one attached hydrogen (secondary N) is 1. The van der Waals surface area contributed by atoms with E-state index in [0.29, 0.717) is 6.54 Å². The molecule has 4 heteroatoms. The molecule has 0 fully saturated rings. The van der Waals surface area contributed by atoms with Crippen molar-refractivity contribution >= 4 is 22.8 Å². The van der Waals surface area contributed by atoms with Crippen molar-refractivity contribution in [2.75, 3.05) is 11.9 Å². The van der Waals surface area contributed by atoms with Gasteiger partial charge < -0.3 is 10.1 Å². The van der Waals surface area contributed by atoms with E-state index in [1.807, 2.05) is 5.38 Å². The molecule has 0 radical (unpaired) electrons. The molecule has 1 N–H and O–H groups in total. The smallest absolute Gasteiger partial charge is 0.182 e. The highest BCUT2D eigenvalue weighted by molar-refractivity contribution is 7.13. The molecule has 0 saturated heterocycles. The van der Waals surface area contributed by atoms with Gasteiger partial charge in [0.1, 0.15) is 6.29 Å². The lowest BCUT2D eigenvalue weighted by atomic mass is 10.7. The predicted molar refractivity (Wildman–Crippen MR) is 36.7 cm³/mol. The third-order valence-electron chi connectivity index (χ3n) is 0.769. The van der Waals surface area contributed by atoms with Crippen molar-refractivity contribution < 1.29 is 4.79 Å². The van der Waals surface area contributed by atoms with Crippen LogP contribution in [-0.4, -0.2) is 17.8 Å². The number of anilines is 1. The monoisotopic (exact) mass is 142 g/mol. The summed E-state index contributed by atoms with van der Waals surface area (Å²) in [5.41, 5.74) is 0. The van der Waals surface area contributed by atoms with E-state index in [4.69, 9.17) is 0 Å². The molecule has 0 aromatic carbocycles. The Bertz CT molecular complexity index is 173. The lowest BCUT2D eigenvalue weighted by Gasteiger charge is -1.90. The van der Waals surface area contributed by atoms with Crippen LogP contribution < -0.4 is 5.32 Å². The third-order valence-corrected chi connectivity index (χ3v) is 1.50. The Hall–Kier alpha value is -0.900. The second-order valence-corrected chi connectivity index (χ2v) is 2.28. The zero-order chi connectivity index (χ0) is 6.53. The summed E-state index contributed by atoms with van der Waals surface area (Å²) in [5.74, 6) is 0. The van der Waals surface area contributed by atoms with Gasteiger partial charge in [0.2, 0.25) is 0 Å². The molecule has 1 aromatic rings. The van der Waals surface area contributed by atoms with E-state index in [1.165, 1.54) is 11.3 Å². The van der Waals surface area contributed by atoms with Crippen molar-refractivity contribution in [3.8, 4) is 0 Å². The minimum atomic E-state index is 0.341. The molecule has 0 aliphatic carbocycles. The maximum atomic E-state index is 9.81. The first-order valence-electron chi connectivity index (χ1n) is 2.50. The Morgan fingerprint density at radius 2 is 2.78 bits per heavy atom. The van der Waals surface area contributed by atoms with Gasteiger partial charge in [-0.05, 0) is 0 Å². The normalized spacial score (nSPS) is 8.89. The van der Waals surface area contributed by atoms with Gasteiger partial charge in [0.25, 0.3) is 0 Å². The van der Waals surface area contributed by atoms with Gasteiger partial charge in [0.05, 0.1) is 6.54 Å². The molecule has 0 saturated carbocycles. The number of carbonyl (C=O) groups is 1. The van der Waals surface area contributed by atoms with Crippen LogP contribution in [0.4, 0.5) is 5.13 Å². The second-order valence-electron chi connectivity index (χ2n) is 1.38. The Balaban J connectivity index is 2.38. The summed E-state index contributed by atoms with van der Waals surface area (Å²) in [5, 5.41) is 5.46. The van der Waals surface area contributed by atoms with Gasteiger partial charge in [-0.3, -0.25) is 0 Å². The van der Waals surface area contributed by atoms with E-state index in [9.17, 15) is 4.79 Å². The first kappa shape index (κ1) is 6.22. The number of rotatable bonds is 3. The lowest BCUT2D eigenvalue weighted by Crippen LogP contribution is -2.00. The number of hydrogen-bond donors (Lipinski definition) is 1. The number of aldehydes is 1. The summed E-state index contributed by atoms with van der Waals surface area (Å²) in [6, 6.07) is 0. The molecule has 0 bridgehead atoms. The van der Waals surface area contributed by atoms with E-state index in [0.717, 1.165) is 11.4 Å². The number of carbonyl (C=O) groups excluding carboxylic acids is 1. The minimum absolute atomic E-state index is 0.341. The molecule has 1 rings (SSSR count). The Labute approximate surface area is 56.7 Å². The summed E-state index contributed by atoms with van der Waals surface area (Å²) in [7, 11) is 0. The predicted octanol–water partition coefficient (Wildman–Crippen LogP) is 0.754. The summed E-state index contributed by atoms with van der Waals surface area (Å²) >= 11 is 1.48. The SMILES string of the molecule is O=CCNc1nccs1. The molecule has 9 heavy (non-hydrogen) atoms. The van der Waals surface area contributed by atoms with Crippen LogP contribution in [0.1, 0.15) is 0 Å². The first-order chi connectivity index (χ1) is 4.43.